The van der Waals surface area contributed by atoms with E-state index in [0.29, 0.717) is 32.0 Å². The predicted molar refractivity (Wildman–Crippen MR) is 132 cm³/mol. The first-order chi connectivity index (χ1) is 16.1. The first kappa shape index (κ1) is 27.9. The summed E-state index contributed by atoms with van der Waals surface area (Å²) in [5.41, 5.74) is 0.318. The highest BCUT2D eigenvalue weighted by molar-refractivity contribution is 5.26. The lowest BCUT2D eigenvalue weighted by atomic mass is 9.81. The van der Waals surface area contributed by atoms with Crippen molar-refractivity contribution in [3.8, 4) is 5.75 Å². The Morgan fingerprint density at radius 3 is 1.85 bits per heavy atom. The molecule has 0 fully saturated rings. The summed E-state index contributed by atoms with van der Waals surface area (Å²) in [7, 11) is 0. The second kappa shape index (κ2) is 13.5. The molecular formula is C27H40O7. The Kier molecular flexibility index (Phi) is 11.1. The van der Waals surface area contributed by atoms with Gasteiger partial charge in [-0.1, -0.05) is 40.5 Å². The summed E-state index contributed by atoms with van der Waals surface area (Å²) in [4.78, 5) is 24.1. The van der Waals surface area contributed by atoms with Crippen molar-refractivity contribution in [2.75, 3.05) is 26.4 Å². The molecule has 2 aromatic rings. The summed E-state index contributed by atoms with van der Waals surface area (Å²) in [6, 6.07) is 1.47. The molecule has 0 unspecified atom stereocenters. The Morgan fingerprint density at radius 1 is 0.735 bits per heavy atom. The second-order valence-corrected chi connectivity index (χ2v) is 10.1. The third kappa shape index (κ3) is 8.76. The Labute approximate surface area is 202 Å². The van der Waals surface area contributed by atoms with Crippen molar-refractivity contribution in [2.45, 2.75) is 83.5 Å². The maximum Gasteiger partial charge on any atom is 0.230 e. The molecule has 34 heavy (non-hydrogen) atoms. The van der Waals surface area contributed by atoms with Gasteiger partial charge in [-0.25, -0.2) is 0 Å². The van der Waals surface area contributed by atoms with E-state index in [2.05, 4.69) is 13.8 Å². The molecule has 0 aliphatic rings. The van der Waals surface area contributed by atoms with Gasteiger partial charge < -0.3 is 23.4 Å². The number of hydrogen-bond donors (Lipinski definition) is 1. The van der Waals surface area contributed by atoms with Crippen molar-refractivity contribution in [2.24, 2.45) is 0 Å². The van der Waals surface area contributed by atoms with E-state index >= 15 is 0 Å². The zero-order chi connectivity index (χ0) is 25.0. The molecule has 190 valence electrons. The standard InChI is InChI=1S/C27H40O7/c1-26(2,21-18-33-17-10-23(21)28)11-5-7-13-31-15-9-16-32-14-8-6-12-27(3,4)22-19-34-20-24(29)25(22)30/h10,17-20,29H,5-9,11-16H2,1-4H3. The summed E-state index contributed by atoms with van der Waals surface area (Å²) in [6.45, 7) is 10.8. The Morgan fingerprint density at radius 2 is 1.26 bits per heavy atom. The molecular weight excluding hydrogens is 436 g/mol. The molecule has 0 amide bonds. The molecule has 0 aromatic carbocycles. The summed E-state index contributed by atoms with van der Waals surface area (Å²) >= 11 is 0. The number of hydrogen-bond acceptors (Lipinski definition) is 7. The van der Waals surface area contributed by atoms with E-state index in [9.17, 15) is 14.7 Å². The van der Waals surface area contributed by atoms with Gasteiger partial charge >= 0.3 is 0 Å². The lowest BCUT2D eigenvalue weighted by molar-refractivity contribution is 0.0787. The van der Waals surface area contributed by atoms with Gasteiger partial charge in [0.05, 0.1) is 18.8 Å². The molecule has 0 aliphatic carbocycles. The minimum atomic E-state index is -0.365. The molecule has 0 aliphatic heterocycles. The average molecular weight is 477 g/mol. The Hall–Kier alpha value is -2.38. The SMILES string of the molecule is CC(C)(CCCCOCCCOCCCCC(C)(C)c1cocc(O)c1=O)c1coccc1=O. The zero-order valence-corrected chi connectivity index (χ0v) is 21.1. The second-order valence-electron chi connectivity index (χ2n) is 10.1. The fraction of sp³-hybridized carbons (Fsp3) is 0.630. The van der Waals surface area contributed by atoms with Gasteiger partial charge in [-0.05, 0) is 42.9 Å². The van der Waals surface area contributed by atoms with E-state index in [1.165, 1.54) is 18.6 Å². The van der Waals surface area contributed by atoms with Gasteiger partial charge in [0.15, 0.2) is 11.2 Å². The van der Waals surface area contributed by atoms with Crippen LogP contribution < -0.4 is 10.9 Å². The molecule has 0 spiro atoms. The van der Waals surface area contributed by atoms with Crippen LogP contribution in [0.3, 0.4) is 0 Å². The van der Waals surface area contributed by atoms with E-state index in [0.717, 1.165) is 56.8 Å². The van der Waals surface area contributed by atoms with Gasteiger partial charge in [0.1, 0.15) is 6.26 Å². The van der Waals surface area contributed by atoms with Crippen molar-refractivity contribution < 1.29 is 23.4 Å². The lowest BCUT2D eigenvalue weighted by Gasteiger charge is -2.23. The zero-order valence-electron chi connectivity index (χ0n) is 21.1. The number of ether oxygens (including phenoxy) is 2. The fourth-order valence-corrected chi connectivity index (χ4v) is 4.01. The lowest BCUT2D eigenvalue weighted by Crippen LogP contribution is -2.25. The first-order valence-electron chi connectivity index (χ1n) is 12.2. The predicted octanol–water partition coefficient (Wildman–Crippen LogP) is 5.32. The van der Waals surface area contributed by atoms with Crippen LogP contribution >= 0.6 is 0 Å². The summed E-state index contributed by atoms with van der Waals surface area (Å²) in [5.74, 6) is -0.346. The van der Waals surface area contributed by atoms with Crippen molar-refractivity contribution in [1.82, 2.24) is 0 Å². The minimum Gasteiger partial charge on any atom is -0.502 e. The number of unbranched alkanes of at least 4 members (excludes halogenated alkanes) is 2. The van der Waals surface area contributed by atoms with Gasteiger partial charge in [0.25, 0.3) is 0 Å². The summed E-state index contributed by atoms with van der Waals surface area (Å²) < 4.78 is 21.6. The van der Waals surface area contributed by atoms with Crippen LogP contribution in [-0.4, -0.2) is 31.5 Å². The third-order valence-corrected chi connectivity index (χ3v) is 6.31. The first-order valence-corrected chi connectivity index (χ1v) is 12.2. The van der Waals surface area contributed by atoms with Gasteiger partial charge in [-0.3, -0.25) is 9.59 Å². The van der Waals surface area contributed by atoms with Crippen LogP contribution in [-0.2, 0) is 20.3 Å². The molecule has 7 heteroatoms. The Bertz CT molecular complexity index is 971. The molecule has 0 atom stereocenters. The van der Waals surface area contributed by atoms with E-state index < -0.39 is 0 Å². The average Bonchev–Trinajstić information content (AvgIpc) is 2.78. The topological polar surface area (TPSA) is 99.1 Å². The maximum atomic E-state index is 12.1. The number of aromatic hydroxyl groups is 1. The Balaban J connectivity index is 1.47. The molecule has 2 aromatic heterocycles. The molecule has 0 radical (unpaired) electrons. The van der Waals surface area contributed by atoms with E-state index in [4.69, 9.17) is 18.3 Å². The highest BCUT2D eigenvalue weighted by Gasteiger charge is 2.25. The minimum absolute atomic E-state index is 0.0280. The highest BCUT2D eigenvalue weighted by Crippen LogP contribution is 2.28. The smallest absolute Gasteiger partial charge is 0.230 e. The van der Waals surface area contributed by atoms with E-state index in [1.54, 1.807) is 6.26 Å². The normalized spacial score (nSPS) is 12.2. The monoisotopic (exact) mass is 476 g/mol. The van der Waals surface area contributed by atoms with Gasteiger partial charge in [0.2, 0.25) is 5.43 Å². The molecule has 0 bridgehead atoms. The van der Waals surface area contributed by atoms with Gasteiger partial charge in [-0.2, -0.15) is 0 Å². The van der Waals surface area contributed by atoms with Crippen molar-refractivity contribution in [3.05, 3.63) is 62.7 Å². The van der Waals surface area contributed by atoms with Crippen LogP contribution in [0.4, 0.5) is 0 Å². The van der Waals surface area contributed by atoms with Crippen molar-refractivity contribution in [1.29, 1.82) is 0 Å². The maximum absolute atomic E-state index is 12.1. The van der Waals surface area contributed by atoms with Gasteiger partial charge in [-0.15, -0.1) is 0 Å². The molecule has 1 N–H and O–H groups in total. The van der Waals surface area contributed by atoms with Crippen LogP contribution in [0.2, 0.25) is 0 Å². The quantitative estimate of drug-likeness (QED) is 0.327. The number of rotatable bonds is 16. The largest absolute Gasteiger partial charge is 0.502 e. The molecule has 0 saturated carbocycles. The van der Waals surface area contributed by atoms with Crippen molar-refractivity contribution in [3.63, 3.8) is 0 Å². The molecule has 0 saturated heterocycles. The van der Waals surface area contributed by atoms with Gasteiger partial charge in [0, 0.05) is 43.6 Å². The molecule has 2 heterocycles. The van der Waals surface area contributed by atoms with Crippen molar-refractivity contribution >= 4 is 0 Å². The van der Waals surface area contributed by atoms with Crippen LogP contribution in [0.5, 0.6) is 5.75 Å². The fourth-order valence-electron chi connectivity index (χ4n) is 4.01. The van der Waals surface area contributed by atoms with Crippen LogP contribution in [0.15, 0.2) is 49.5 Å². The van der Waals surface area contributed by atoms with Crippen LogP contribution in [0, 0.1) is 0 Å². The third-order valence-electron chi connectivity index (χ3n) is 6.31. The summed E-state index contributed by atoms with van der Waals surface area (Å²) in [5, 5.41) is 9.57. The van der Waals surface area contributed by atoms with E-state index in [1.807, 2.05) is 13.8 Å². The highest BCUT2D eigenvalue weighted by atomic mass is 16.5. The molecule has 7 nitrogen and oxygen atoms in total. The van der Waals surface area contributed by atoms with Crippen LogP contribution in [0.1, 0.15) is 83.8 Å². The van der Waals surface area contributed by atoms with E-state index in [-0.39, 0.29) is 27.4 Å². The molecule has 2 rings (SSSR count). The summed E-state index contributed by atoms with van der Waals surface area (Å²) in [6.07, 6.45) is 11.8. The van der Waals surface area contributed by atoms with Crippen LogP contribution in [0.25, 0.3) is 0 Å².